The van der Waals surface area contributed by atoms with E-state index in [9.17, 15) is 4.79 Å². The molecule has 0 saturated carbocycles. The van der Waals surface area contributed by atoms with Crippen molar-refractivity contribution in [1.82, 2.24) is 4.98 Å². The molecular formula is C13H10N2O3. The fourth-order valence-corrected chi connectivity index (χ4v) is 1.66. The lowest BCUT2D eigenvalue weighted by Gasteiger charge is -2.07. The van der Waals surface area contributed by atoms with E-state index in [2.05, 4.69) is 9.72 Å². The van der Waals surface area contributed by atoms with Gasteiger partial charge in [-0.1, -0.05) is 0 Å². The average molecular weight is 242 g/mol. The van der Waals surface area contributed by atoms with Gasteiger partial charge in [-0.15, -0.1) is 0 Å². The molecule has 0 bridgehead atoms. The number of ether oxygens (including phenoxy) is 2. The molecule has 0 amide bonds. The van der Waals surface area contributed by atoms with Crippen LogP contribution in [0.1, 0.15) is 16.1 Å². The summed E-state index contributed by atoms with van der Waals surface area (Å²) in [5.41, 5.74) is 1.23. The molecule has 2 rings (SSSR count). The Hall–Kier alpha value is -2.61. The van der Waals surface area contributed by atoms with E-state index < -0.39 is 5.97 Å². The normalized spacial score (nSPS) is 9.83. The fraction of sp³-hybridized carbons (Fsp3) is 0.154. The van der Waals surface area contributed by atoms with Crippen molar-refractivity contribution >= 4 is 16.9 Å². The topological polar surface area (TPSA) is 72.2 Å². The predicted octanol–water partition coefficient (Wildman–Crippen LogP) is 1.90. The summed E-state index contributed by atoms with van der Waals surface area (Å²) < 4.78 is 9.84. The summed E-state index contributed by atoms with van der Waals surface area (Å²) in [6, 6.07) is 8.46. The molecule has 0 saturated heterocycles. The molecule has 0 fully saturated rings. The van der Waals surface area contributed by atoms with E-state index in [0.29, 0.717) is 27.9 Å². The van der Waals surface area contributed by atoms with Crippen LogP contribution in [0.5, 0.6) is 5.75 Å². The van der Waals surface area contributed by atoms with Crippen LogP contribution in [0, 0.1) is 11.3 Å². The van der Waals surface area contributed by atoms with Gasteiger partial charge >= 0.3 is 5.97 Å². The monoisotopic (exact) mass is 242 g/mol. The molecule has 1 aromatic heterocycles. The summed E-state index contributed by atoms with van der Waals surface area (Å²) in [6.07, 6.45) is 0. The largest absolute Gasteiger partial charge is 0.494 e. The summed E-state index contributed by atoms with van der Waals surface area (Å²) in [5.74, 6) is -0.00967. The van der Waals surface area contributed by atoms with Crippen molar-refractivity contribution in [1.29, 1.82) is 5.26 Å². The number of nitrogens with zero attached hydrogens (tertiary/aromatic N) is 2. The van der Waals surface area contributed by atoms with E-state index in [0.717, 1.165) is 0 Å². The highest BCUT2D eigenvalue weighted by Crippen LogP contribution is 2.26. The van der Waals surface area contributed by atoms with Crippen LogP contribution < -0.4 is 4.74 Å². The number of esters is 1. The molecule has 0 spiro atoms. The van der Waals surface area contributed by atoms with E-state index in [1.165, 1.54) is 14.2 Å². The molecule has 5 heteroatoms. The van der Waals surface area contributed by atoms with Crippen LogP contribution >= 0.6 is 0 Å². The molecule has 0 unspecified atom stereocenters. The minimum atomic E-state index is -0.445. The first-order chi connectivity index (χ1) is 8.69. The third-order valence-corrected chi connectivity index (χ3v) is 2.51. The second-order valence-electron chi connectivity index (χ2n) is 3.55. The van der Waals surface area contributed by atoms with Gasteiger partial charge in [-0.25, -0.2) is 9.78 Å². The number of hydrogen-bond donors (Lipinski definition) is 0. The lowest BCUT2D eigenvalue weighted by Crippen LogP contribution is -2.02. The Morgan fingerprint density at radius 2 is 2.11 bits per heavy atom. The molecule has 2 aromatic rings. The molecule has 0 aliphatic heterocycles. The molecule has 0 atom stereocenters. The summed E-state index contributed by atoms with van der Waals surface area (Å²) >= 11 is 0. The van der Waals surface area contributed by atoms with Crippen LogP contribution in [0.2, 0.25) is 0 Å². The third-order valence-electron chi connectivity index (χ3n) is 2.51. The van der Waals surface area contributed by atoms with Gasteiger partial charge in [0, 0.05) is 5.39 Å². The Kier molecular flexibility index (Phi) is 3.11. The summed E-state index contributed by atoms with van der Waals surface area (Å²) in [4.78, 5) is 15.7. The number of aromatic nitrogens is 1. The van der Waals surface area contributed by atoms with E-state index >= 15 is 0 Å². The quantitative estimate of drug-likeness (QED) is 0.752. The van der Waals surface area contributed by atoms with Crippen LogP contribution in [-0.4, -0.2) is 25.2 Å². The maximum absolute atomic E-state index is 11.5. The van der Waals surface area contributed by atoms with Gasteiger partial charge in [-0.3, -0.25) is 0 Å². The fourth-order valence-electron chi connectivity index (χ4n) is 1.66. The van der Waals surface area contributed by atoms with Gasteiger partial charge < -0.3 is 9.47 Å². The number of rotatable bonds is 2. The molecule has 1 heterocycles. The van der Waals surface area contributed by atoms with Gasteiger partial charge in [0.05, 0.1) is 19.8 Å². The smallest absolute Gasteiger partial charge is 0.338 e. The van der Waals surface area contributed by atoms with E-state index in [-0.39, 0.29) is 0 Å². The minimum Gasteiger partial charge on any atom is -0.494 e. The first kappa shape index (κ1) is 11.9. The number of fused-ring (bicyclic) bond motifs is 1. The number of hydrogen-bond acceptors (Lipinski definition) is 5. The molecule has 90 valence electrons. The number of carbonyl (C=O) groups is 1. The van der Waals surface area contributed by atoms with Gasteiger partial charge in [0.25, 0.3) is 0 Å². The van der Waals surface area contributed by atoms with Gasteiger partial charge in [0.1, 0.15) is 23.0 Å². The van der Waals surface area contributed by atoms with Crippen LogP contribution in [-0.2, 0) is 4.74 Å². The van der Waals surface area contributed by atoms with Crippen molar-refractivity contribution in [2.45, 2.75) is 0 Å². The molecule has 0 aliphatic carbocycles. The first-order valence-corrected chi connectivity index (χ1v) is 5.17. The molecular weight excluding hydrogens is 232 g/mol. The van der Waals surface area contributed by atoms with Gasteiger partial charge in [-0.2, -0.15) is 5.26 Å². The molecule has 0 N–H and O–H groups in total. The maximum atomic E-state index is 11.5. The van der Waals surface area contributed by atoms with Crippen molar-refractivity contribution in [2.24, 2.45) is 0 Å². The number of benzene rings is 1. The number of carbonyl (C=O) groups excluding carboxylic acids is 1. The molecule has 5 nitrogen and oxygen atoms in total. The molecule has 0 radical (unpaired) electrons. The van der Waals surface area contributed by atoms with Crippen LogP contribution in [0.3, 0.4) is 0 Å². The van der Waals surface area contributed by atoms with E-state index in [1.807, 2.05) is 6.07 Å². The SMILES string of the molecule is COC(=O)c1cc(OC)c2nc(C#N)ccc2c1. The summed E-state index contributed by atoms with van der Waals surface area (Å²) in [7, 11) is 2.80. The second kappa shape index (κ2) is 4.72. The lowest BCUT2D eigenvalue weighted by atomic mass is 10.1. The number of nitriles is 1. The van der Waals surface area contributed by atoms with Crippen molar-refractivity contribution in [3.8, 4) is 11.8 Å². The Labute approximate surface area is 104 Å². The van der Waals surface area contributed by atoms with Crippen molar-refractivity contribution in [3.05, 3.63) is 35.5 Å². The van der Waals surface area contributed by atoms with Crippen LogP contribution in [0.25, 0.3) is 10.9 Å². The Bertz CT molecular complexity index is 659. The highest BCUT2D eigenvalue weighted by Gasteiger charge is 2.12. The summed E-state index contributed by atoms with van der Waals surface area (Å²) in [5, 5.41) is 9.53. The zero-order valence-electron chi connectivity index (χ0n) is 9.93. The van der Waals surface area contributed by atoms with E-state index in [4.69, 9.17) is 10.00 Å². The van der Waals surface area contributed by atoms with Gasteiger partial charge in [0.15, 0.2) is 0 Å². The van der Waals surface area contributed by atoms with Crippen LogP contribution in [0.4, 0.5) is 0 Å². The Morgan fingerprint density at radius 3 is 2.72 bits per heavy atom. The zero-order valence-corrected chi connectivity index (χ0v) is 9.93. The highest BCUT2D eigenvalue weighted by molar-refractivity contribution is 5.97. The first-order valence-electron chi connectivity index (χ1n) is 5.17. The maximum Gasteiger partial charge on any atom is 0.338 e. The molecule has 0 aliphatic rings. The number of pyridine rings is 1. The number of methoxy groups -OCH3 is 2. The van der Waals surface area contributed by atoms with Crippen molar-refractivity contribution in [2.75, 3.05) is 14.2 Å². The second-order valence-corrected chi connectivity index (χ2v) is 3.55. The minimum absolute atomic E-state index is 0.298. The van der Waals surface area contributed by atoms with Crippen molar-refractivity contribution in [3.63, 3.8) is 0 Å². The standard InChI is InChI=1S/C13H10N2O3/c1-17-11-6-9(13(16)18-2)5-8-3-4-10(7-14)15-12(8)11/h3-6H,1-2H3. The predicted molar refractivity (Wildman–Crippen MR) is 64.3 cm³/mol. The Morgan fingerprint density at radius 1 is 1.33 bits per heavy atom. The van der Waals surface area contributed by atoms with Gasteiger partial charge in [0.2, 0.25) is 0 Å². The molecule has 18 heavy (non-hydrogen) atoms. The highest BCUT2D eigenvalue weighted by atomic mass is 16.5. The lowest BCUT2D eigenvalue weighted by molar-refractivity contribution is 0.0600. The third kappa shape index (κ3) is 1.96. The average Bonchev–Trinajstić information content (AvgIpc) is 2.44. The van der Waals surface area contributed by atoms with Crippen molar-refractivity contribution < 1.29 is 14.3 Å². The zero-order chi connectivity index (χ0) is 13.1. The van der Waals surface area contributed by atoms with E-state index in [1.54, 1.807) is 24.3 Å². The molecule has 1 aromatic carbocycles. The van der Waals surface area contributed by atoms with Crippen LogP contribution in [0.15, 0.2) is 24.3 Å². The summed E-state index contributed by atoms with van der Waals surface area (Å²) in [6.45, 7) is 0. The van der Waals surface area contributed by atoms with Gasteiger partial charge in [-0.05, 0) is 24.3 Å². The Balaban J connectivity index is 2.71.